The van der Waals surface area contributed by atoms with Gasteiger partial charge in [0.05, 0.1) is 12.3 Å². The zero-order valence-corrected chi connectivity index (χ0v) is 17.0. The van der Waals surface area contributed by atoms with E-state index in [2.05, 4.69) is 0 Å². The fourth-order valence-corrected chi connectivity index (χ4v) is 3.89. The van der Waals surface area contributed by atoms with Crippen molar-refractivity contribution < 1.29 is 19.4 Å². The normalized spacial score (nSPS) is 18.3. The van der Waals surface area contributed by atoms with Gasteiger partial charge in [0.25, 0.3) is 5.91 Å². The van der Waals surface area contributed by atoms with Crippen molar-refractivity contribution >= 4 is 29.0 Å². The van der Waals surface area contributed by atoms with E-state index in [4.69, 9.17) is 16.3 Å². The maximum absolute atomic E-state index is 13.1. The Morgan fingerprint density at radius 1 is 1.21 bits per heavy atom. The number of hydrogen-bond acceptors (Lipinski definition) is 4. The van der Waals surface area contributed by atoms with Gasteiger partial charge in [0.1, 0.15) is 11.5 Å². The SMILES string of the molecule is CC(=O)C[C@]1(O)C(=O)N(CCCOc2ccc(Cl)cc2)c2c(C)cc(C)cc21. The number of fused-ring (bicyclic) bond motifs is 1. The average molecular weight is 402 g/mol. The summed E-state index contributed by atoms with van der Waals surface area (Å²) < 4.78 is 5.70. The largest absolute Gasteiger partial charge is 0.494 e. The van der Waals surface area contributed by atoms with Crippen molar-refractivity contribution in [3.63, 3.8) is 0 Å². The lowest BCUT2D eigenvalue weighted by Gasteiger charge is -2.22. The van der Waals surface area contributed by atoms with Gasteiger partial charge in [-0.3, -0.25) is 9.59 Å². The highest BCUT2D eigenvalue weighted by molar-refractivity contribution is 6.30. The molecule has 2 aromatic carbocycles. The first-order valence-corrected chi connectivity index (χ1v) is 9.64. The van der Waals surface area contributed by atoms with E-state index in [0.717, 1.165) is 11.1 Å². The Hall–Kier alpha value is -2.37. The average Bonchev–Trinajstić information content (AvgIpc) is 2.81. The summed E-state index contributed by atoms with van der Waals surface area (Å²) in [6.07, 6.45) is 0.358. The molecule has 0 aromatic heterocycles. The lowest BCUT2D eigenvalue weighted by atomic mass is 9.88. The van der Waals surface area contributed by atoms with Gasteiger partial charge in [-0.05, 0) is 57.0 Å². The monoisotopic (exact) mass is 401 g/mol. The molecule has 0 unspecified atom stereocenters. The second kappa shape index (κ2) is 7.94. The van der Waals surface area contributed by atoms with Crippen molar-refractivity contribution in [3.8, 4) is 5.75 Å². The molecule has 1 atom stereocenters. The maximum atomic E-state index is 13.1. The van der Waals surface area contributed by atoms with Gasteiger partial charge in [-0.2, -0.15) is 0 Å². The van der Waals surface area contributed by atoms with E-state index in [1.165, 1.54) is 6.92 Å². The highest BCUT2D eigenvalue weighted by Gasteiger charge is 2.50. The van der Waals surface area contributed by atoms with Crippen molar-refractivity contribution in [2.24, 2.45) is 0 Å². The molecule has 0 saturated heterocycles. The van der Waals surface area contributed by atoms with Crippen LogP contribution < -0.4 is 9.64 Å². The number of rotatable bonds is 7. The third kappa shape index (κ3) is 3.91. The van der Waals surface area contributed by atoms with Crippen molar-refractivity contribution in [1.29, 1.82) is 0 Å². The van der Waals surface area contributed by atoms with Crippen LogP contribution in [0.3, 0.4) is 0 Å². The lowest BCUT2D eigenvalue weighted by Crippen LogP contribution is -2.42. The summed E-state index contributed by atoms with van der Waals surface area (Å²) in [5, 5.41) is 11.7. The van der Waals surface area contributed by atoms with Crippen LogP contribution in [0.15, 0.2) is 36.4 Å². The van der Waals surface area contributed by atoms with Crippen LogP contribution in [0.4, 0.5) is 5.69 Å². The first-order chi connectivity index (χ1) is 13.2. The van der Waals surface area contributed by atoms with Crippen molar-refractivity contribution in [1.82, 2.24) is 0 Å². The fraction of sp³-hybridized carbons (Fsp3) is 0.364. The molecule has 28 heavy (non-hydrogen) atoms. The number of Topliss-reactive ketones (excluding diaryl/α,β-unsaturated/α-hetero) is 1. The number of amides is 1. The molecule has 1 heterocycles. The number of anilines is 1. The van der Waals surface area contributed by atoms with Crippen LogP contribution >= 0.6 is 11.6 Å². The van der Waals surface area contributed by atoms with Gasteiger partial charge >= 0.3 is 0 Å². The van der Waals surface area contributed by atoms with Gasteiger partial charge in [0.2, 0.25) is 0 Å². The van der Waals surface area contributed by atoms with E-state index in [0.29, 0.717) is 41.6 Å². The van der Waals surface area contributed by atoms with Crippen LogP contribution in [0.25, 0.3) is 0 Å². The summed E-state index contributed by atoms with van der Waals surface area (Å²) >= 11 is 5.86. The van der Waals surface area contributed by atoms with Crippen LogP contribution in [0.2, 0.25) is 5.02 Å². The summed E-state index contributed by atoms with van der Waals surface area (Å²) in [7, 11) is 0. The summed E-state index contributed by atoms with van der Waals surface area (Å²) in [5.74, 6) is 0.0317. The zero-order valence-electron chi connectivity index (χ0n) is 16.3. The quantitative estimate of drug-likeness (QED) is 0.713. The molecular formula is C22H24ClNO4. The summed E-state index contributed by atoms with van der Waals surface area (Å²) in [6, 6.07) is 10.9. The lowest BCUT2D eigenvalue weighted by molar-refractivity contribution is -0.141. The Labute approximate surface area is 169 Å². The number of aryl methyl sites for hydroxylation is 2. The molecule has 6 heteroatoms. The Kier molecular flexibility index (Phi) is 5.77. The second-order valence-electron chi connectivity index (χ2n) is 7.33. The molecule has 148 valence electrons. The minimum absolute atomic E-state index is 0.223. The number of nitrogens with zero attached hydrogens (tertiary/aromatic N) is 1. The predicted octanol–water partition coefficient (Wildman–Crippen LogP) is 3.94. The Morgan fingerprint density at radius 2 is 1.89 bits per heavy atom. The van der Waals surface area contributed by atoms with Gasteiger partial charge in [-0.25, -0.2) is 0 Å². The molecular weight excluding hydrogens is 378 g/mol. The summed E-state index contributed by atoms with van der Waals surface area (Å²) in [5.41, 5.74) is 1.27. The third-order valence-electron chi connectivity index (χ3n) is 4.87. The standard InChI is InChI=1S/C22H24ClNO4/c1-14-11-15(2)20-19(12-14)22(27,13-16(3)25)21(26)24(20)9-4-10-28-18-7-5-17(23)6-8-18/h5-8,11-12,27H,4,9-10,13H2,1-3H3/t22-/m1/s1. The molecule has 1 aliphatic heterocycles. The fourth-order valence-electron chi connectivity index (χ4n) is 3.76. The van der Waals surface area contributed by atoms with E-state index in [1.54, 1.807) is 35.2 Å². The van der Waals surface area contributed by atoms with E-state index in [-0.39, 0.29) is 12.2 Å². The summed E-state index contributed by atoms with van der Waals surface area (Å²) in [4.78, 5) is 26.4. The van der Waals surface area contributed by atoms with Gasteiger partial charge in [-0.15, -0.1) is 0 Å². The number of ketones is 1. The molecule has 1 aliphatic rings. The number of benzene rings is 2. The molecule has 0 radical (unpaired) electrons. The number of aliphatic hydroxyl groups is 1. The predicted molar refractivity (Wildman–Crippen MR) is 109 cm³/mol. The van der Waals surface area contributed by atoms with Crippen LogP contribution in [-0.2, 0) is 15.2 Å². The van der Waals surface area contributed by atoms with Gasteiger partial charge in [0, 0.05) is 23.6 Å². The van der Waals surface area contributed by atoms with Crippen molar-refractivity contribution in [3.05, 3.63) is 58.1 Å². The highest BCUT2D eigenvalue weighted by atomic mass is 35.5. The first kappa shape index (κ1) is 20.4. The molecule has 1 amide bonds. The number of ether oxygens (including phenoxy) is 1. The van der Waals surface area contributed by atoms with Gasteiger partial charge in [-0.1, -0.05) is 29.3 Å². The molecule has 0 aliphatic carbocycles. The second-order valence-corrected chi connectivity index (χ2v) is 7.77. The number of carbonyl (C=O) groups is 2. The molecule has 0 bridgehead atoms. The van der Waals surface area contributed by atoms with Gasteiger partial charge in [0.15, 0.2) is 5.60 Å². The third-order valence-corrected chi connectivity index (χ3v) is 5.12. The molecule has 0 spiro atoms. The molecule has 1 N–H and O–H groups in total. The molecule has 5 nitrogen and oxygen atoms in total. The van der Waals surface area contributed by atoms with E-state index >= 15 is 0 Å². The van der Waals surface area contributed by atoms with Crippen molar-refractivity contribution in [2.45, 2.75) is 39.2 Å². The first-order valence-electron chi connectivity index (χ1n) is 9.26. The molecule has 3 rings (SSSR count). The number of halogens is 1. The Bertz CT molecular complexity index is 909. The van der Waals surface area contributed by atoms with Crippen LogP contribution in [0, 0.1) is 13.8 Å². The number of carbonyl (C=O) groups excluding carboxylic acids is 2. The van der Waals surface area contributed by atoms with Crippen molar-refractivity contribution in [2.75, 3.05) is 18.1 Å². The van der Waals surface area contributed by atoms with E-state index in [1.807, 2.05) is 19.9 Å². The molecule has 0 fully saturated rings. The Morgan fingerprint density at radius 3 is 2.54 bits per heavy atom. The zero-order chi connectivity index (χ0) is 20.5. The number of hydrogen-bond donors (Lipinski definition) is 1. The minimum atomic E-state index is -1.80. The van der Waals surface area contributed by atoms with E-state index < -0.39 is 11.5 Å². The van der Waals surface area contributed by atoms with E-state index in [9.17, 15) is 14.7 Å². The summed E-state index contributed by atoms with van der Waals surface area (Å²) in [6.45, 7) is 6.01. The van der Waals surface area contributed by atoms with Crippen LogP contribution in [0.5, 0.6) is 5.75 Å². The topological polar surface area (TPSA) is 66.8 Å². The smallest absolute Gasteiger partial charge is 0.264 e. The maximum Gasteiger partial charge on any atom is 0.264 e. The Balaban J connectivity index is 1.77. The highest BCUT2D eigenvalue weighted by Crippen LogP contribution is 2.45. The minimum Gasteiger partial charge on any atom is -0.494 e. The van der Waals surface area contributed by atoms with Gasteiger partial charge < -0.3 is 14.7 Å². The van der Waals surface area contributed by atoms with Crippen LogP contribution in [0.1, 0.15) is 36.5 Å². The molecule has 0 saturated carbocycles. The molecule has 2 aromatic rings. The van der Waals surface area contributed by atoms with Crippen LogP contribution in [-0.4, -0.2) is 29.9 Å².